The number of carbonyl (C=O) groups excluding carboxylic acids is 3. The van der Waals surface area contributed by atoms with Gasteiger partial charge in [0, 0.05) is 48.8 Å². The van der Waals surface area contributed by atoms with Crippen molar-refractivity contribution in [2.75, 3.05) is 0 Å². The first-order valence-corrected chi connectivity index (χ1v) is 17.7. The van der Waals surface area contributed by atoms with E-state index < -0.39 is 120 Å². The molecule has 3 saturated heterocycles. The first-order chi connectivity index (χ1) is 24.0. The van der Waals surface area contributed by atoms with E-state index >= 15 is 0 Å². The van der Waals surface area contributed by atoms with E-state index in [1.807, 2.05) is 0 Å². The molecule has 6 aliphatic rings. The molecule has 0 amide bonds. The van der Waals surface area contributed by atoms with Gasteiger partial charge in [0.25, 0.3) is 0 Å². The number of aromatic hydroxyl groups is 1. The van der Waals surface area contributed by atoms with Crippen LogP contribution in [0.25, 0.3) is 0 Å². The lowest BCUT2D eigenvalue weighted by molar-refractivity contribution is -0.282. The zero-order valence-corrected chi connectivity index (χ0v) is 29.0. The number of ketones is 3. The molecule has 1 saturated carbocycles. The van der Waals surface area contributed by atoms with Crippen molar-refractivity contribution in [2.24, 2.45) is 0 Å². The predicted octanol–water partition coefficient (Wildman–Crippen LogP) is 1.61. The summed E-state index contributed by atoms with van der Waals surface area (Å²) in [6.07, 6.45) is -5.05. The van der Waals surface area contributed by atoms with Gasteiger partial charge in [-0.15, -0.1) is 0 Å². The lowest BCUT2D eigenvalue weighted by Gasteiger charge is -2.55. The summed E-state index contributed by atoms with van der Waals surface area (Å²) in [5.74, 6) is -2.97. The Hall–Kier alpha value is -2.89. The summed E-state index contributed by atoms with van der Waals surface area (Å²) in [5.41, 5.74) is -7.41. The summed E-state index contributed by atoms with van der Waals surface area (Å²) in [5, 5.41) is 66.0. The van der Waals surface area contributed by atoms with Crippen LogP contribution >= 0.6 is 0 Å². The van der Waals surface area contributed by atoms with Crippen LogP contribution in [0.5, 0.6) is 5.75 Å². The van der Waals surface area contributed by atoms with Crippen LogP contribution in [0.2, 0.25) is 0 Å². The van der Waals surface area contributed by atoms with Gasteiger partial charge in [0.15, 0.2) is 35.5 Å². The van der Waals surface area contributed by atoms with Gasteiger partial charge in [-0.05, 0) is 52.7 Å². The van der Waals surface area contributed by atoms with Gasteiger partial charge < -0.3 is 54.3 Å². The molecule has 13 atom stereocenters. The van der Waals surface area contributed by atoms with Crippen molar-refractivity contribution in [3.8, 4) is 5.75 Å². The zero-order valence-electron chi connectivity index (χ0n) is 29.0. The molecule has 14 heteroatoms. The van der Waals surface area contributed by atoms with Gasteiger partial charge in [-0.25, -0.2) is 0 Å². The molecule has 3 aliphatic carbocycles. The molecule has 278 valence electrons. The van der Waals surface area contributed by atoms with Gasteiger partial charge in [0.05, 0.1) is 59.5 Å². The summed E-state index contributed by atoms with van der Waals surface area (Å²) in [7, 11) is 0. The van der Waals surface area contributed by atoms with Crippen LogP contribution in [0.1, 0.15) is 105 Å². The molecule has 3 aliphatic heterocycles. The summed E-state index contributed by atoms with van der Waals surface area (Å²) in [6, 6.07) is 2.78. The standard InChI is InChI=1S/C37H46O14/c1-16-22(38)7-9-27(48-16)50-25-13-24(47-18(3)31(25)41)19-5-6-20-29(32(19)42)33(43)21-11-12-36(46)15-35(4,45)14-26(40)37(36,30(21)34(20)44)51-28-10-8-23(39)17(2)49-28/h5-6,11-12,16-18,22-25,27-28,31,38-39,41-42,45-46H,7-10,13-15H2,1-4H3/t16-,17-,18+,22-,23-,24?,25+,27-,28-,31+,35-,36-,37-/m0/s1. The molecule has 1 aromatic rings. The second kappa shape index (κ2) is 12.9. The van der Waals surface area contributed by atoms with Crippen LogP contribution in [0.3, 0.4) is 0 Å². The van der Waals surface area contributed by atoms with Gasteiger partial charge in [-0.2, -0.15) is 0 Å². The molecular formula is C37H46O14. The number of rotatable bonds is 5. The van der Waals surface area contributed by atoms with Crippen LogP contribution in [-0.2, 0) is 28.5 Å². The molecule has 14 nitrogen and oxygen atoms in total. The molecule has 51 heavy (non-hydrogen) atoms. The van der Waals surface area contributed by atoms with Crippen LogP contribution in [-0.4, -0.2) is 120 Å². The molecule has 1 aromatic carbocycles. The molecule has 1 unspecified atom stereocenters. The number of ether oxygens (including phenoxy) is 5. The van der Waals surface area contributed by atoms with Crippen molar-refractivity contribution in [3.63, 3.8) is 0 Å². The van der Waals surface area contributed by atoms with E-state index in [4.69, 9.17) is 23.7 Å². The zero-order chi connectivity index (χ0) is 36.8. The van der Waals surface area contributed by atoms with E-state index in [2.05, 4.69) is 0 Å². The highest BCUT2D eigenvalue weighted by Crippen LogP contribution is 2.54. The first-order valence-electron chi connectivity index (χ1n) is 17.7. The highest BCUT2D eigenvalue weighted by molar-refractivity contribution is 6.32. The lowest BCUT2D eigenvalue weighted by Crippen LogP contribution is -2.71. The fraction of sp³-hybridized carbons (Fsp3) is 0.649. The monoisotopic (exact) mass is 714 g/mol. The van der Waals surface area contributed by atoms with Crippen LogP contribution in [0, 0.1) is 0 Å². The van der Waals surface area contributed by atoms with E-state index in [1.165, 1.54) is 31.2 Å². The summed E-state index contributed by atoms with van der Waals surface area (Å²) < 4.78 is 30.2. The minimum atomic E-state index is -2.44. The number of fused-ring (bicyclic) bond motifs is 3. The van der Waals surface area contributed by atoms with Crippen LogP contribution in [0.15, 0.2) is 35.4 Å². The molecule has 3 heterocycles. The summed E-state index contributed by atoms with van der Waals surface area (Å²) in [6.45, 7) is 6.39. The third-order valence-corrected chi connectivity index (χ3v) is 11.4. The molecule has 6 N–H and O–H groups in total. The third kappa shape index (κ3) is 5.93. The number of phenolic OH excluding ortho intramolecular Hbond substituents is 1. The van der Waals surface area contributed by atoms with Crippen molar-refractivity contribution >= 4 is 17.3 Å². The van der Waals surface area contributed by atoms with Crippen LogP contribution < -0.4 is 0 Å². The molecule has 0 bridgehead atoms. The average molecular weight is 715 g/mol. The number of carbonyl (C=O) groups is 3. The number of hydrogen-bond donors (Lipinski definition) is 6. The van der Waals surface area contributed by atoms with E-state index in [9.17, 15) is 45.0 Å². The Kier molecular flexibility index (Phi) is 9.23. The Balaban J connectivity index is 1.24. The van der Waals surface area contributed by atoms with E-state index in [-0.39, 0.29) is 41.5 Å². The minimum Gasteiger partial charge on any atom is -0.507 e. The summed E-state index contributed by atoms with van der Waals surface area (Å²) >= 11 is 0. The Morgan fingerprint density at radius 2 is 1.49 bits per heavy atom. The van der Waals surface area contributed by atoms with E-state index in [0.29, 0.717) is 12.8 Å². The number of allylic oxidation sites excluding steroid dienone is 2. The maximum Gasteiger partial charge on any atom is 0.198 e. The fourth-order valence-electron chi connectivity index (χ4n) is 8.60. The minimum absolute atomic E-state index is 0.0670. The van der Waals surface area contributed by atoms with Gasteiger partial charge in [0.2, 0.25) is 0 Å². The summed E-state index contributed by atoms with van der Waals surface area (Å²) in [4.78, 5) is 43.1. The van der Waals surface area contributed by atoms with Gasteiger partial charge >= 0.3 is 0 Å². The maximum atomic E-state index is 14.6. The van der Waals surface area contributed by atoms with Gasteiger partial charge in [0.1, 0.15) is 17.5 Å². The van der Waals surface area contributed by atoms with Crippen LogP contribution in [0.4, 0.5) is 0 Å². The maximum absolute atomic E-state index is 14.6. The molecule has 0 aromatic heterocycles. The van der Waals surface area contributed by atoms with Gasteiger partial charge in [-0.1, -0.05) is 12.1 Å². The Morgan fingerprint density at radius 3 is 2.16 bits per heavy atom. The highest BCUT2D eigenvalue weighted by atomic mass is 16.7. The SMILES string of the molecule is C[C@@H]1O[C@@H](O[C@@H]2CC(c3ccc4c(c3O)C(=O)C3=C(C4=O)[C@@]4(O[C@H]5CC[C@H](O)[C@H](C)O5)C(=O)C[C@](C)(O)C[C@@]4(O)C=C3)O[C@H](C)[C@H]2O)CC[C@@H]1O. The lowest BCUT2D eigenvalue weighted by atomic mass is 9.57. The second-order valence-corrected chi connectivity index (χ2v) is 15.3. The molecule has 4 fully saturated rings. The second-order valence-electron chi connectivity index (χ2n) is 15.3. The number of aliphatic hydroxyl groups is 5. The predicted molar refractivity (Wildman–Crippen MR) is 175 cm³/mol. The van der Waals surface area contributed by atoms with Crippen molar-refractivity contribution in [2.45, 2.75) is 151 Å². The number of benzene rings is 1. The van der Waals surface area contributed by atoms with E-state index in [0.717, 1.165) is 0 Å². The Morgan fingerprint density at radius 1 is 0.843 bits per heavy atom. The van der Waals surface area contributed by atoms with Crippen molar-refractivity contribution < 1.29 is 68.7 Å². The normalized spacial score (nSPS) is 44.2. The fourth-order valence-corrected chi connectivity index (χ4v) is 8.60. The van der Waals surface area contributed by atoms with Crippen molar-refractivity contribution in [1.29, 1.82) is 0 Å². The topological polar surface area (TPSA) is 219 Å². The average Bonchev–Trinajstić information content (AvgIpc) is 3.05. The molecule has 0 spiro atoms. The van der Waals surface area contributed by atoms with Crippen molar-refractivity contribution in [3.05, 3.63) is 52.1 Å². The highest BCUT2D eigenvalue weighted by Gasteiger charge is 2.69. The number of hydrogen-bond acceptors (Lipinski definition) is 14. The number of aliphatic hydroxyl groups excluding tert-OH is 3. The molecular weight excluding hydrogens is 668 g/mol. The largest absolute Gasteiger partial charge is 0.507 e. The smallest absolute Gasteiger partial charge is 0.198 e. The number of phenols is 1. The van der Waals surface area contributed by atoms with E-state index in [1.54, 1.807) is 20.8 Å². The quantitative estimate of drug-likeness (QED) is 0.255. The molecule has 7 rings (SSSR count). The van der Waals surface area contributed by atoms with Gasteiger partial charge in [-0.3, -0.25) is 14.4 Å². The number of Topliss-reactive ketones (excluding diaryl/α,β-unsaturated/α-hetero) is 3. The molecule has 0 radical (unpaired) electrons. The Labute approximate surface area is 294 Å². The van der Waals surface area contributed by atoms with Crippen molar-refractivity contribution in [1.82, 2.24) is 0 Å². The first kappa shape index (κ1) is 36.5. The third-order valence-electron chi connectivity index (χ3n) is 11.4. The Bertz CT molecular complexity index is 1680.